The predicted octanol–water partition coefficient (Wildman–Crippen LogP) is 3.77. The van der Waals surface area contributed by atoms with Gasteiger partial charge in [0.15, 0.2) is 5.16 Å². The highest BCUT2D eigenvalue weighted by Crippen LogP contribution is 2.28. The van der Waals surface area contributed by atoms with E-state index in [0.717, 1.165) is 34.8 Å². The maximum Gasteiger partial charge on any atom is 0.191 e. The van der Waals surface area contributed by atoms with E-state index in [4.69, 9.17) is 4.74 Å². The maximum absolute atomic E-state index is 5.62. The molecule has 0 spiro atoms. The quantitative estimate of drug-likeness (QED) is 0.600. The van der Waals surface area contributed by atoms with Gasteiger partial charge in [-0.1, -0.05) is 23.9 Å². The Bertz CT molecular complexity index is 592. The van der Waals surface area contributed by atoms with Crippen molar-refractivity contribution in [2.75, 3.05) is 30.0 Å². The number of thioether (sulfide) groups is 1. The Labute approximate surface area is 129 Å². The van der Waals surface area contributed by atoms with Crippen LogP contribution in [0.4, 0.5) is 17.3 Å². The fourth-order valence-corrected chi connectivity index (χ4v) is 2.22. The summed E-state index contributed by atoms with van der Waals surface area (Å²) in [5, 5.41) is 7.24. The summed E-state index contributed by atoms with van der Waals surface area (Å²) in [6.45, 7) is 5.45. The summed E-state index contributed by atoms with van der Waals surface area (Å²) in [5.41, 5.74) is 0.896. The number of anilines is 3. The SMILES string of the molecule is CCNc1cc(Nc2ccccc2OCC)nc(SC)n1. The van der Waals surface area contributed by atoms with Crippen LogP contribution in [0.3, 0.4) is 0 Å². The number of ether oxygens (including phenoxy) is 1. The third-order valence-electron chi connectivity index (χ3n) is 2.70. The van der Waals surface area contributed by atoms with Crippen molar-refractivity contribution in [3.63, 3.8) is 0 Å². The van der Waals surface area contributed by atoms with Crippen LogP contribution in [0, 0.1) is 0 Å². The zero-order valence-electron chi connectivity index (χ0n) is 12.5. The number of hydrogen-bond acceptors (Lipinski definition) is 6. The smallest absolute Gasteiger partial charge is 0.191 e. The van der Waals surface area contributed by atoms with Gasteiger partial charge < -0.3 is 15.4 Å². The minimum absolute atomic E-state index is 0.626. The Morgan fingerprint density at radius 2 is 1.90 bits per heavy atom. The molecular formula is C15H20N4OS. The van der Waals surface area contributed by atoms with E-state index >= 15 is 0 Å². The van der Waals surface area contributed by atoms with Crippen molar-refractivity contribution in [3.8, 4) is 5.75 Å². The topological polar surface area (TPSA) is 59.1 Å². The highest BCUT2D eigenvalue weighted by atomic mass is 32.2. The summed E-state index contributed by atoms with van der Waals surface area (Å²) in [6.07, 6.45) is 1.96. The maximum atomic E-state index is 5.62. The average molecular weight is 304 g/mol. The van der Waals surface area contributed by atoms with Crippen molar-refractivity contribution >= 4 is 29.1 Å². The Morgan fingerprint density at radius 3 is 2.62 bits per heavy atom. The fourth-order valence-electron chi connectivity index (χ4n) is 1.84. The summed E-state index contributed by atoms with van der Waals surface area (Å²) in [5.74, 6) is 2.38. The van der Waals surface area contributed by atoms with E-state index in [2.05, 4.69) is 20.6 Å². The summed E-state index contributed by atoms with van der Waals surface area (Å²) < 4.78 is 5.62. The Kier molecular flexibility index (Phi) is 5.68. The fraction of sp³-hybridized carbons (Fsp3) is 0.333. The molecule has 21 heavy (non-hydrogen) atoms. The van der Waals surface area contributed by atoms with E-state index in [-0.39, 0.29) is 0 Å². The van der Waals surface area contributed by atoms with Gasteiger partial charge in [-0.25, -0.2) is 9.97 Å². The molecule has 1 aromatic carbocycles. The van der Waals surface area contributed by atoms with Crippen molar-refractivity contribution in [1.82, 2.24) is 9.97 Å². The first kappa shape index (κ1) is 15.4. The molecule has 0 aliphatic rings. The van der Waals surface area contributed by atoms with E-state index in [1.165, 1.54) is 11.8 Å². The van der Waals surface area contributed by atoms with Crippen molar-refractivity contribution in [1.29, 1.82) is 0 Å². The molecular weight excluding hydrogens is 284 g/mol. The molecule has 0 aliphatic carbocycles. The highest BCUT2D eigenvalue weighted by Gasteiger charge is 2.07. The van der Waals surface area contributed by atoms with Crippen molar-refractivity contribution < 1.29 is 4.74 Å². The molecule has 0 bridgehead atoms. The lowest BCUT2D eigenvalue weighted by Gasteiger charge is -2.13. The molecule has 2 rings (SSSR count). The van der Waals surface area contributed by atoms with Gasteiger partial charge in [-0.15, -0.1) is 0 Å². The molecule has 0 amide bonds. The predicted molar refractivity (Wildman–Crippen MR) is 88.9 cm³/mol. The van der Waals surface area contributed by atoms with Crippen LogP contribution >= 0.6 is 11.8 Å². The molecule has 0 saturated carbocycles. The van der Waals surface area contributed by atoms with Crippen LogP contribution in [0.15, 0.2) is 35.5 Å². The number of nitrogens with one attached hydrogen (secondary N) is 2. The second kappa shape index (κ2) is 7.73. The summed E-state index contributed by atoms with van der Waals surface area (Å²) in [4.78, 5) is 8.89. The molecule has 6 heteroatoms. The van der Waals surface area contributed by atoms with Gasteiger partial charge in [0, 0.05) is 12.6 Å². The van der Waals surface area contributed by atoms with Crippen LogP contribution in [0.5, 0.6) is 5.75 Å². The monoisotopic (exact) mass is 304 g/mol. The first-order valence-electron chi connectivity index (χ1n) is 6.92. The van der Waals surface area contributed by atoms with Gasteiger partial charge in [0.05, 0.1) is 12.3 Å². The van der Waals surface area contributed by atoms with E-state index in [1.807, 2.05) is 50.4 Å². The van der Waals surface area contributed by atoms with Crippen molar-refractivity contribution in [3.05, 3.63) is 30.3 Å². The minimum Gasteiger partial charge on any atom is -0.492 e. The number of aromatic nitrogens is 2. The zero-order chi connectivity index (χ0) is 15.1. The van der Waals surface area contributed by atoms with Gasteiger partial charge in [0.25, 0.3) is 0 Å². The number of rotatable bonds is 7. The van der Waals surface area contributed by atoms with E-state index < -0.39 is 0 Å². The first-order chi connectivity index (χ1) is 10.3. The molecule has 0 saturated heterocycles. The second-order valence-corrected chi connectivity index (χ2v) is 4.98. The molecule has 112 valence electrons. The molecule has 0 atom stereocenters. The molecule has 0 fully saturated rings. The van der Waals surface area contributed by atoms with Gasteiger partial charge in [0.1, 0.15) is 17.4 Å². The number of nitrogens with zero attached hydrogens (tertiary/aromatic N) is 2. The molecule has 1 heterocycles. The number of para-hydroxylation sites is 2. The van der Waals surface area contributed by atoms with Crippen LogP contribution in [0.25, 0.3) is 0 Å². The van der Waals surface area contributed by atoms with Crippen LogP contribution < -0.4 is 15.4 Å². The van der Waals surface area contributed by atoms with Gasteiger partial charge >= 0.3 is 0 Å². The third kappa shape index (κ3) is 4.26. The number of hydrogen-bond donors (Lipinski definition) is 2. The normalized spacial score (nSPS) is 10.2. The van der Waals surface area contributed by atoms with Gasteiger partial charge in [-0.2, -0.15) is 0 Å². The molecule has 2 N–H and O–H groups in total. The molecule has 0 radical (unpaired) electrons. The minimum atomic E-state index is 0.626. The molecule has 0 unspecified atom stereocenters. The largest absolute Gasteiger partial charge is 0.492 e. The lowest BCUT2D eigenvalue weighted by atomic mass is 10.3. The highest BCUT2D eigenvalue weighted by molar-refractivity contribution is 7.98. The van der Waals surface area contributed by atoms with E-state index in [1.54, 1.807) is 0 Å². The second-order valence-electron chi connectivity index (χ2n) is 4.21. The lowest BCUT2D eigenvalue weighted by molar-refractivity contribution is 0.342. The summed E-state index contributed by atoms with van der Waals surface area (Å²) in [6, 6.07) is 9.72. The molecule has 0 aliphatic heterocycles. The zero-order valence-corrected chi connectivity index (χ0v) is 13.3. The summed E-state index contributed by atoms with van der Waals surface area (Å²) >= 11 is 1.51. The van der Waals surface area contributed by atoms with E-state index in [0.29, 0.717) is 6.61 Å². The standard InChI is InChI=1S/C15H20N4OS/c1-4-16-13-10-14(19-15(18-13)21-3)17-11-8-6-7-9-12(11)20-5-2/h6-10H,4-5H2,1-3H3,(H2,16,17,18,19). The van der Waals surface area contributed by atoms with Crippen LogP contribution in [-0.2, 0) is 0 Å². The molecule has 5 nitrogen and oxygen atoms in total. The van der Waals surface area contributed by atoms with Gasteiger partial charge in [0.2, 0.25) is 0 Å². The summed E-state index contributed by atoms with van der Waals surface area (Å²) in [7, 11) is 0. The Balaban J connectivity index is 2.28. The van der Waals surface area contributed by atoms with Crippen LogP contribution in [0.1, 0.15) is 13.8 Å². The Hall–Kier alpha value is -1.95. The van der Waals surface area contributed by atoms with Crippen LogP contribution in [0.2, 0.25) is 0 Å². The molecule has 1 aromatic heterocycles. The van der Waals surface area contributed by atoms with Crippen molar-refractivity contribution in [2.45, 2.75) is 19.0 Å². The number of benzene rings is 1. The lowest BCUT2D eigenvalue weighted by Crippen LogP contribution is -2.04. The Morgan fingerprint density at radius 1 is 1.14 bits per heavy atom. The average Bonchev–Trinajstić information content (AvgIpc) is 2.49. The first-order valence-corrected chi connectivity index (χ1v) is 8.15. The third-order valence-corrected chi connectivity index (χ3v) is 3.24. The molecule has 2 aromatic rings. The van der Waals surface area contributed by atoms with E-state index in [9.17, 15) is 0 Å². The van der Waals surface area contributed by atoms with Gasteiger partial charge in [-0.3, -0.25) is 0 Å². The van der Waals surface area contributed by atoms with Crippen LogP contribution in [-0.4, -0.2) is 29.4 Å². The van der Waals surface area contributed by atoms with Gasteiger partial charge in [-0.05, 0) is 32.2 Å². The van der Waals surface area contributed by atoms with Crippen molar-refractivity contribution in [2.24, 2.45) is 0 Å².